The molecule has 0 bridgehead atoms. The monoisotopic (exact) mass is 243 g/mol. The standard InChI is InChI=1S/C15H21N3/c1-16-14(15-11-17-12-18(15)2)10-6-9-13-7-4-3-5-8-13/h3-5,7-8,11-12,14,16H,6,9-10H2,1-2H3. The summed E-state index contributed by atoms with van der Waals surface area (Å²) in [4.78, 5) is 4.18. The molecule has 3 nitrogen and oxygen atoms in total. The number of imidazole rings is 1. The van der Waals surface area contributed by atoms with Crippen LogP contribution in [0.1, 0.15) is 30.1 Å². The van der Waals surface area contributed by atoms with E-state index in [0.29, 0.717) is 6.04 Å². The molecule has 2 rings (SSSR count). The SMILES string of the molecule is CNC(CCCc1ccccc1)c1cncn1C. The Kier molecular flexibility index (Phi) is 4.53. The Balaban J connectivity index is 1.87. The summed E-state index contributed by atoms with van der Waals surface area (Å²) in [6, 6.07) is 11.0. The second-order valence-corrected chi connectivity index (χ2v) is 4.65. The van der Waals surface area contributed by atoms with Crippen LogP contribution in [-0.4, -0.2) is 16.6 Å². The van der Waals surface area contributed by atoms with E-state index in [0.717, 1.165) is 12.8 Å². The van der Waals surface area contributed by atoms with E-state index in [2.05, 4.69) is 45.2 Å². The van der Waals surface area contributed by atoms with E-state index in [1.54, 1.807) is 0 Å². The molecule has 3 heteroatoms. The highest BCUT2D eigenvalue weighted by Gasteiger charge is 2.11. The van der Waals surface area contributed by atoms with E-state index < -0.39 is 0 Å². The molecule has 18 heavy (non-hydrogen) atoms. The zero-order valence-electron chi connectivity index (χ0n) is 11.1. The lowest BCUT2D eigenvalue weighted by atomic mass is 10.0. The van der Waals surface area contributed by atoms with Crippen molar-refractivity contribution >= 4 is 0 Å². The molecule has 0 aliphatic carbocycles. The minimum atomic E-state index is 0.390. The van der Waals surface area contributed by atoms with Crippen molar-refractivity contribution in [3.8, 4) is 0 Å². The van der Waals surface area contributed by atoms with E-state index in [4.69, 9.17) is 0 Å². The molecule has 0 saturated heterocycles. The van der Waals surface area contributed by atoms with Gasteiger partial charge in [-0.15, -0.1) is 0 Å². The molecule has 0 fully saturated rings. The first kappa shape index (κ1) is 12.8. The van der Waals surface area contributed by atoms with Crippen molar-refractivity contribution < 1.29 is 0 Å². The molecule has 1 unspecified atom stereocenters. The van der Waals surface area contributed by atoms with Gasteiger partial charge in [0.25, 0.3) is 0 Å². The van der Waals surface area contributed by atoms with Crippen LogP contribution < -0.4 is 5.32 Å². The summed E-state index contributed by atoms with van der Waals surface area (Å²) >= 11 is 0. The minimum absolute atomic E-state index is 0.390. The first-order valence-electron chi connectivity index (χ1n) is 6.48. The Labute approximate surface area is 109 Å². The van der Waals surface area contributed by atoms with Crippen LogP contribution in [0.5, 0.6) is 0 Å². The number of nitrogens with one attached hydrogen (secondary N) is 1. The lowest BCUT2D eigenvalue weighted by Crippen LogP contribution is -2.19. The van der Waals surface area contributed by atoms with Crippen molar-refractivity contribution in [1.82, 2.24) is 14.9 Å². The Hall–Kier alpha value is -1.61. The molecule has 1 N–H and O–H groups in total. The Morgan fingerprint density at radius 2 is 2.06 bits per heavy atom. The van der Waals surface area contributed by atoms with Gasteiger partial charge in [0, 0.05) is 19.3 Å². The van der Waals surface area contributed by atoms with E-state index in [1.807, 2.05) is 26.6 Å². The zero-order valence-corrected chi connectivity index (χ0v) is 11.1. The second kappa shape index (κ2) is 6.36. The van der Waals surface area contributed by atoms with Crippen LogP contribution >= 0.6 is 0 Å². The highest BCUT2D eigenvalue weighted by atomic mass is 15.1. The van der Waals surface area contributed by atoms with Crippen molar-refractivity contribution in [2.45, 2.75) is 25.3 Å². The fourth-order valence-corrected chi connectivity index (χ4v) is 2.30. The summed E-state index contributed by atoms with van der Waals surface area (Å²) in [6.45, 7) is 0. The van der Waals surface area contributed by atoms with Gasteiger partial charge in [-0.3, -0.25) is 0 Å². The highest BCUT2D eigenvalue weighted by Crippen LogP contribution is 2.18. The smallest absolute Gasteiger partial charge is 0.0946 e. The molecule has 0 amide bonds. The number of rotatable bonds is 6. The van der Waals surface area contributed by atoms with Gasteiger partial charge in [0.1, 0.15) is 0 Å². The van der Waals surface area contributed by atoms with E-state index in [-0.39, 0.29) is 0 Å². The molecule has 0 spiro atoms. The van der Waals surface area contributed by atoms with Gasteiger partial charge in [-0.2, -0.15) is 0 Å². The maximum absolute atomic E-state index is 4.18. The largest absolute Gasteiger partial charge is 0.336 e. The zero-order chi connectivity index (χ0) is 12.8. The van der Waals surface area contributed by atoms with Crippen molar-refractivity contribution in [2.75, 3.05) is 7.05 Å². The summed E-state index contributed by atoms with van der Waals surface area (Å²) in [5, 5.41) is 3.37. The normalized spacial score (nSPS) is 12.6. The topological polar surface area (TPSA) is 29.9 Å². The number of hydrogen-bond donors (Lipinski definition) is 1. The molecule has 0 saturated carbocycles. The predicted molar refractivity (Wildman–Crippen MR) is 74.4 cm³/mol. The van der Waals surface area contributed by atoms with E-state index >= 15 is 0 Å². The van der Waals surface area contributed by atoms with Crippen molar-refractivity contribution in [3.63, 3.8) is 0 Å². The molecule has 96 valence electrons. The number of hydrogen-bond acceptors (Lipinski definition) is 2. The summed E-state index contributed by atoms with van der Waals surface area (Å²) in [6.07, 6.45) is 7.25. The van der Waals surface area contributed by atoms with Gasteiger partial charge in [-0.25, -0.2) is 4.98 Å². The maximum Gasteiger partial charge on any atom is 0.0946 e. The first-order valence-corrected chi connectivity index (χ1v) is 6.48. The van der Waals surface area contributed by atoms with Crippen molar-refractivity contribution in [3.05, 3.63) is 54.1 Å². The van der Waals surface area contributed by atoms with Gasteiger partial charge in [0.2, 0.25) is 0 Å². The first-order chi connectivity index (χ1) is 8.81. The third kappa shape index (κ3) is 3.20. The summed E-state index contributed by atoms with van der Waals surface area (Å²) < 4.78 is 2.09. The van der Waals surface area contributed by atoms with Crippen LogP contribution in [0.3, 0.4) is 0 Å². The molecular formula is C15H21N3. The summed E-state index contributed by atoms with van der Waals surface area (Å²) in [7, 11) is 4.06. The number of aromatic nitrogens is 2. The molecule has 1 heterocycles. The molecule has 0 aliphatic heterocycles. The quantitative estimate of drug-likeness (QED) is 0.845. The molecular weight excluding hydrogens is 222 g/mol. The van der Waals surface area contributed by atoms with Gasteiger partial charge in [-0.1, -0.05) is 30.3 Å². The van der Waals surface area contributed by atoms with Crippen LogP contribution in [0.2, 0.25) is 0 Å². The number of nitrogens with zero attached hydrogens (tertiary/aromatic N) is 2. The lowest BCUT2D eigenvalue weighted by molar-refractivity contribution is 0.501. The van der Waals surface area contributed by atoms with Crippen molar-refractivity contribution in [1.29, 1.82) is 0 Å². The van der Waals surface area contributed by atoms with Gasteiger partial charge < -0.3 is 9.88 Å². The average molecular weight is 243 g/mol. The molecule has 0 aliphatic rings. The highest BCUT2D eigenvalue weighted by molar-refractivity contribution is 5.14. The number of aryl methyl sites for hydroxylation is 2. The fraction of sp³-hybridized carbons (Fsp3) is 0.400. The molecule has 0 radical (unpaired) electrons. The third-order valence-corrected chi connectivity index (χ3v) is 3.36. The molecule has 1 aromatic carbocycles. The Bertz CT molecular complexity index is 462. The maximum atomic E-state index is 4.18. The Morgan fingerprint density at radius 3 is 2.67 bits per heavy atom. The molecule has 1 atom stereocenters. The Morgan fingerprint density at radius 1 is 1.28 bits per heavy atom. The van der Waals surface area contributed by atoms with Gasteiger partial charge >= 0.3 is 0 Å². The molecule has 2 aromatic rings. The van der Waals surface area contributed by atoms with Crippen LogP contribution in [0.4, 0.5) is 0 Å². The van der Waals surface area contributed by atoms with E-state index in [1.165, 1.54) is 17.7 Å². The molecule has 1 aromatic heterocycles. The minimum Gasteiger partial charge on any atom is -0.336 e. The van der Waals surface area contributed by atoms with Gasteiger partial charge in [0.05, 0.1) is 12.0 Å². The average Bonchev–Trinajstić information content (AvgIpc) is 2.82. The van der Waals surface area contributed by atoms with Gasteiger partial charge in [0.15, 0.2) is 0 Å². The number of benzene rings is 1. The lowest BCUT2D eigenvalue weighted by Gasteiger charge is -2.16. The second-order valence-electron chi connectivity index (χ2n) is 4.65. The summed E-state index contributed by atoms with van der Waals surface area (Å²) in [5.74, 6) is 0. The van der Waals surface area contributed by atoms with Crippen molar-refractivity contribution in [2.24, 2.45) is 7.05 Å². The van der Waals surface area contributed by atoms with Crippen LogP contribution in [-0.2, 0) is 13.5 Å². The van der Waals surface area contributed by atoms with Crippen LogP contribution in [0.15, 0.2) is 42.9 Å². The van der Waals surface area contributed by atoms with Crippen LogP contribution in [0.25, 0.3) is 0 Å². The van der Waals surface area contributed by atoms with Gasteiger partial charge in [-0.05, 0) is 31.9 Å². The van der Waals surface area contributed by atoms with Crippen LogP contribution in [0, 0.1) is 0 Å². The third-order valence-electron chi connectivity index (χ3n) is 3.36. The fourth-order valence-electron chi connectivity index (χ4n) is 2.30. The predicted octanol–water partition coefficient (Wildman–Crippen LogP) is 2.70. The van der Waals surface area contributed by atoms with E-state index in [9.17, 15) is 0 Å². The summed E-state index contributed by atoms with van der Waals surface area (Å²) in [5.41, 5.74) is 2.67.